The predicted octanol–water partition coefficient (Wildman–Crippen LogP) is 6.97. The summed E-state index contributed by atoms with van der Waals surface area (Å²) in [6.07, 6.45) is 1.82. The Kier molecular flexibility index (Phi) is 5.87. The lowest BCUT2D eigenvalue weighted by Gasteiger charge is -2.28. The van der Waals surface area contributed by atoms with Crippen LogP contribution in [0.15, 0.2) is 79.0 Å². The van der Waals surface area contributed by atoms with Crippen molar-refractivity contribution in [2.75, 3.05) is 4.90 Å². The highest BCUT2D eigenvalue weighted by Crippen LogP contribution is 2.43. The quantitative estimate of drug-likeness (QED) is 0.311. The summed E-state index contributed by atoms with van der Waals surface area (Å²) in [5, 5.41) is 5.57. The first-order chi connectivity index (χ1) is 15.9. The molecule has 0 bridgehead atoms. The minimum Gasteiger partial charge on any atom is -0.351 e. The molecular weight excluding hydrogens is 471 g/mol. The molecule has 166 valence electrons. The highest BCUT2D eigenvalue weighted by Gasteiger charge is 2.42. The van der Waals surface area contributed by atoms with Crippen LogP contribution in [0.4, 0.5) is 5.69 Å². The molecule has 1 N–H and O–H groups in total. The maximum Gasteiger partial charge on any atom is 0.174 e. The molecule has 3 heterocycles. The summed E-state index contributed by atoms with van der Waals surface area (Å²) in [4.78, 5) is 6.81. The molecule has 33 heavy (non-hydrogen) atoms. The van der Waals surface area contributed by atoms with Gasteiger partial charge in [0, 0.05) is 39.0 Å². The molecule has 4 aromatic rings. The molecular formula is C26H22Cl2N4S. The Bertz CT molecular complexity index is 1320. The average molecular weight is 493 g/mol. The summed E-state index contributed by atoms with van der Waals surface area (Å²) in [6.45, 7) is 4.25. The Hall–Kier alpha value is -2.86. The van der Waals surface area contributed by atoms with E-state index >= 15 is 0 Å². The molecule has 2 atom stereocenters. The molecule has 0 saturated carbocycles. The van der Waals surface area contributed by atoms with Gasteiger partial charge in [0.25, 0.3) is 0 Å². The number of aryl methyl sites for hydroxylation is 1. The van der Waals surface area contributed by atoms with E-state index in [2.05, 4.69) is 45.7 Å². The lowest BCUT2D eigenvalue weighted by molar-refractivity contribution is 0.565. The van der Waals surface area contributed by atoms with Crippen molar-refractivity contribution in [2.24, 2.45) is 0 Å². The molecule has 1 fully saturated rings. The number of anilines is 1. The van der Waals surface area contributed by atoms with E-state index in [1.54, 1.807) is 0 Å². The van der Waals surface area contributed by atoms with Crippen molar-refractivity contribution in [2.45, 2.75) is 25.9 Å². The molecule has 1 aliphatic rings. The van der Waals surface area contributed by atoms with E-state index in [4.69, 9.17) is 35.4 Å². The second-order valence-electron chi connectivity index (χ2n) is 8.11. The second kappa shape index (κ2) is 8.82. The van der Waals surface area contributed by atoms with Gasteiger partial charge in [-0.25, -0.2) is 0 Å². The molecule has 1 saturated heterocycles. The molecule has 1 aliphatic heterocycles. The Labute approximate surface area is 208 Å². The van der Waals surface area contributed by atoms with Gasteiger partial charge in [-0.15, -0.1) is 0 Å². The van der Waals surface area contributed by atoms with Crippen LogP contribution in [0, 0.1) is 13.8 Å². The third kappa shape index (κ3) is 4.01. The van der Waals surface area contributed by atoms with Crippen LogP contribution in [0.25, 0.3) is 5.69 Å². The number of pyridine rings is 1. The van der Waals surface area contributed by atoms with Crippen molar-refractivity contribution >= 4 is 46.2 Å². The molecule has 0 amide bonds. The minimum absolute atomic E-state index is 0.0901. The summed E-state index contributed by atoms with van der Waals surface area (Å²) in [5.41, 5.74) is 6.38. The monoisotopic (exact) mass is 492 g/mol. The van der Waals surface area contributed by atoms with Gasteiger partial charge in [0.1, 0.15) is 0 Å². The Morgan fingerprint density at radius 3 is 2.36 bits per heavy atom. The van der Waals surface area contributed by atoms with Crippen molar-refractivity contribution < 1.29 is 0 Å². The fourth-order valence-electron chi connectivity index (χ4n) is 4.65. The van der Waals surface area contributed by atoms with Crippen LogP contribution in [-0.4, -0.2) is 14.7 Å². The highest BCUT2D eigenvalue weighted by molar-refractivity contribution is 7.80. The van der Waals surface area contributed by atoms with Crippen LogP contribution in [0.1, 0.15) is 34.7 Å². The van der Waals surface area contributed by atoms with Gasteiger partial charge in [-0.1, -0.05) is 35.3 Å². The van der Waals surface area contributed by atoms with Gasteiger partial charge in [-0.3, -0.25) is 4.98 Å². The van der Waals surface area contributed by atoms with Crippen molar-refractivity contribution in [3.63, 3.8) is 0 Å². The molecule has 2 aromatic heterocycles. The molecule has 5 rings (SSSR count). The highest BCUT2D eigenvalue weighted by atomic mass is 35.5. The molecule has 0 aliphatic carbocycles. The number of nitrogens with one attached hydrogen (secondary N) is 1. The van der Waals surface area contributed by atoms with E-state index in [0.29, 0.717) is 15.2 Å². The molecule has 0 unspecified atom stereocenters. The van der Waals surface area contributed by atoms with Crippen molar-refractivity contribution in [3.05, 3.63) is 112 Å². The molecule has 0 spiro atoms. The summed E-state index contributed by atoms with van der Waals surface area (Å²) in [5.74, 6) is 0. The van der Waals surface area contributed by atoms with Crippen LogP contribution >= 0.6 is 35.4 Å². The zero-order valence-electron chi connectivity index (χ0n) is 18.2. The van der Waals surface area contributed by atoms with Gasteiger partial charge in [0.15, 0.2) is 5.11 Å². The van der Waals surface area contributed by atoms with Crippen molar-refractivity contribution in [1.82, 2.24) is 14.9 Å². The van der Waals surface area contributed by atoms with Crippen LogP contribution in [-0.2, 0) is 0 Å². The number of benzene rings is 2. The summed E-state index contributed by atoms with van der Waals surface area (Å²) in [6, 6.07) is 23.7. The number of hydrogen-bond acceptors (Lipinski definition) is 2. The number of rotatable bonds is 4. The van der Waals surface area contributed by atoms with Crippen LogP contribution in [0.5, 0.6) is 0 Å². The zero-order chi connectivity index (χ0) is 23.1. The van der Waals surface area contributed by atoms with E-state index in [1.165, 1.54) is 5.56 Å². The third-order valence-electron chi connectivity index (χ3n) is 6.06. The number of thiocarbonyl (C=S) groups is 1. The molecule has 0 radical (unpaired) electrons. The van der Waals surface area contributed by atoms with Gasteiger partial charge < -0.3 is 14.8 Å². The van der Waals surface area contributed by atoms with Crippen LogP contribution in [0.2, 0.25) is 10.0 Å². The van der Waals surface area contributed by atoms with Crippen LogP contribution in [0.3, 0.4) is 0 Å². The fraction of sp³-hybridized carbons (Fsp3) is 0.154. The average Bonchev–Trinajstić information content (AvgIpc) is 3.30. The van der Waals surface area contributed by atoms with E-state index < -0.39 is 0 Å². The Morgan fingerprint density at radius 2 is 1.67 bits per heavy atom. The number of hydrogen-bond donors (Lipinski definition) is 1. The first-order valence-corrected chi connectivity index (χ1v) is 11.8. The number of halogens is 2. The van der Waals surface area contributed by atoms with E-state index in [1.807, 2.05) is 66.9 Å². The summed E-state index contributed by atoms with van der Waals surface area (Å²) < 4.78 is 2.23. The first kappa shape index (κ1) is 22.0. The van der Waals surface area contributed by atoms with Crippen molar-refractivity contribution in [3.8, 4) is 5.69 Å². The maximum atomic E-state index is 6.30. The van der Waals surface area contributed by atoms with Gasteiger partial charge >= 0.3 is 0 Å². The van der Waals surface area contributed by atoms with E-state index in [9.17, 15) is 0 Å². The molecule has 7 heteroatoms. The van der Waals surface area contributed by atoms with Crippen molar-refractivity contribution in [1.29, 1.82) is 0 Å². The summed E-state index contributed by atoms with van der Waals surface area (Å²) >= 11 is 18.3. The topological polar surface area (TPSA) is 33.1 Å². The minimum atomic E-state index is -0.109. The van der Waals surface area contributed by atoms with Gasteiger partial charge in [0.2, 0.25) is 0 Å². The van der Waals surface area contributed by atoms with Gasteiger partial charge in [-0.05, 0) is 92.3 Å². The van der Waals surface area contributed by atoms with E-state index in [-0.39, 0.29) is 12.1 Å². The van der Waals surface area contributed by atoms with Crippen LogP contribution < -0.4 is 10.2 Å². The molecule has 2 aromatic carbocycles. The Balaban J connectivity index is 1.68. The standard InChI is InChI=1S/C26H22Cl2N4S/c1-16-14-22(17(2)31(16)21-7-5-6-19(28)15-21)25-24(23-8-3-4-13-29-23)30-26(33)32(25)20-11-9-18(27)10-12-20/h3-15,24-25H,1-2H3,(H,30,33)/t24-,25-/m1/s1. The fourth-order valence-corrected chi connectivity index (χ4v) is 5.31. The van der Waals surface area contributed by atoms with E-state index in [0.717, 1.165) is 28.5 Å². The Morgan fingerprint density at radius 1 is 0.879 bits per heavy atom. The third-order valence-corrected chi connectivity index (χ3v) is 6.86. The zero-order valence-corrected chi connectivity index (χ0v) is 20.5. The lowest BCUT2D eigenvalue weighted by Crippen LogP contribution is -2.29. The molecule has 4 nitrogen and oxygen atoms in total. The normalized spacial score (nSPS) is 17.9. The maximum absolute atomic E-state index is 6.30. The smallest absolute Gasteiger partial charge is 0.174 e. The lowest BCUT2D eigenvalue weighted by atomic mass is 9.96. The van der Waals surface area contributed by atoms with Gasteiger partial charge in [0.05, 0.1) is 17.8 Å². The summed E-state index contributed by atoms with van der Waals surface area (Å²) in [7, 11) is 0. The first-order valence-electron chi connectivity index (χ1n) is 10.6. The SMILES string of the molecule is Cc1cc([C@@H]2[C@@H](c3ccccn3)NC(=S)N2c2ccc(Cl)cc2)c(C)n1-c1cccc(Cl)c1. The predicted molar refractivity (Wildman–Crippen MR) is 140 cm³/mol. The number of nitrogens with zero attached hydrogens (tertiary/aromatic N) is 3. The number of aromatic nitrogens is 2. The van der Waals surface area contributed by atoms with Gasteiger partial charge in [-0.2, -0.15) is 0 Å². The largest absolute Gasteiger partial charge is 0.351 e. The second-order valence-corrected chi connectivity index (χ2v) is 9.37.